The largest absolute Gasteiger partial charge is 0.313 e. The molecule has 0 amide bonds. The van der Waals surface area contributed by atoms with Gasteiger partial charge in [0.25, 0.3) is 0 Å². The molecule has 1 atom stereocenters. The average molecular weight is 180 g/mol. The first kappa shape index (κ1) is 8.25. The lowest BCUT2D eigenvalue weighted by atomic mass is 9.63. The summed E-state index contributed by atoms with van der Waals surface area (Å²) < 4.78 is 0. The Morgan fingerprint density at radius 1 is 1.23 bits per heavy atom. The van der Waals surface area contributed by atoms with Gasteiger partial charge in [0.1, 0.15) is 0 Å². The van der Waals surface area contributed by atoms with Crippen molar-refractivity contribution < 1.29 is 0 Å². The molecule has 2 aliphatic heterocycles. The van der Waals surface area contributed by atoms with Gasteiger partial charge in [-0.05, 0) is 37.6 Å². The molecule has 2 heteroatoms. The summed E-state index contributed by atoms with van der Waals surface area (Å²) >= 11 is 0. The molecule has 1 N–H and O–H groups in total. The van der Waals surface area contributed by atoms with Gasteiger partial charge in [0.15, 0.2) is 0 Å². The Kier molecular flexibility index (Phi) is 1.88. The Bertz CT molecular complexity index is 184. The van der Waals surface area contributed by atoms with Crippen molar-refractivity contribution in [3.05, 3.63) is 0 Å². The summed E-state index contributed by atoms with van der Waals surface area (Å²) in [5, 5.41) is 3.58. The summed E-state index contributed by atoms with van der Waals surface area (Å²) in [6.07, 6.45) is 7.33. The van der Waals surface area contributed by atoms with Gasteiger partial charge in [0, 0.05) is 25.7 Å². The van der Waals surface area contributed by atoms with E-state index in [2.05, 4.69) is 10.2 Å². The van der Waals surface area contributed by atoms with Crippen molar-refractivity contribution in [2.75, 3.05) is 26.2 Å². The van der Waals surface area contributed by atoms with Gasteiger partial charge in [0.05, 0.1) is 0 Å². The maximum Gasteiger partial charge on any atom is 0.0195 e. The predicted molar refractivity (Wildman–Crippen MR) is 53.7 cm³/mol. The van der Waals surface area contributed by atoms with Crippen LogP contribution in [0.15, 0.2) is 0 Å². The Morgan fingerprint density at radius 2 is 2.08 bits per heavy atom. The van der Waals surface area contributed by atoms with Gasteiger partial charge in [-0.15, -0.1) is 0 Å². The molecule has 1 saturated carbocycles. The summed E-state index contributed by atoms with van der Waals surface area (Å²) in [5.41, 5.74) is 0.818. The highest BCUT2D eigenvalue weighted by Gasteiger charge is 2.47. The molecule has 0 aromatic heterocycles. The molecular formula is C11H20N2. The fourth-order valence-corrected chi connectivity index (χ4v) is 3.25. The smallest absolute Gasteiger partial charge is 0.0195 e. The van der Waals surface area contributed by atoms with E-state index in [1.807, 2.05) is 0 Å². The predicted octanol–water partition coefficient (Wildman–Crippen LogP) is 1.22. The Labute approximate surface area is 80.7 Å². The van der Waals surface area contributed by atoms with Crippen molar-refractivity contribution in [2.24, 2.45) is 5.41 Å². The van der Waals surface area contributed by atoms with E-state index in [4.69, 9.17) is 0 Å². The standard InChI is InChI=1S/C11H20N2/c1-3-10(12-6-1)7-13-8-11(9-13)4-2-5-11/h10,12H,1-9H2. The van der Waals surface area contributed by atoms with Crippen molar-refractivity contribution in [2.45, 2.75) is 38.1 Å². The van der Waals surface area contributed by atoms with Gasteiger partial charge >= 0.3 is 0 Å². The molecule has 2 nitrogen and oxygen atoms in total. The van der Waals surface area contributed by atoms with Crippen LogP contribution in [0.4, 0.5) is 0 Å². The molecule has 0 aromatic rings. The van der Waals surface area contributed by atoms with E-state index in [1.165, 1.54) is 58.3 Å². The van der Waals surface area contributed by atoms with Gasteiger partial charge in [-0.2, -0.15) is 0 Å². The number of nitrogens with zero attached hydrogens (tertiary/aromatic N) is 1. The lowest BCUT2D eigenvalue weighted by molar-refractivity contribution is -0.0626. The highest BCUT2D eigenvalue weighted by molar-refractivity contribution is 5.01. The Balaban J connectivity index is 1.43. The van der Waals surface area contributed by atoms with Crippen molar-refractivity contribution in [1.29, 1.82) is 0 Å². The second-order valence-electron chi connectivity index (χ2n) is 5.32. The van der Waals surface area contributed by atoms with Gasteiger partial charge in [0.2, 0.25) is 0 Å². The van der Waals surface area contributed by atoms with Crippen LogP contribution >= 0.6 is 0 Å². The third-order valence-electron chi connectivity index (χ3n) is 4.17. The van der Waals surface area contributed by atoms with Crippen LogP contribution in [0.3, 0.4) is 0 Å². The van der Waals surface area contributed by atoms with Crippen molar-refractivity contribution in [3.63, 3.8) is 0 Å². The van der Waals surface area contributed by atoms with E-state index in [9.17, 15) is 0 Å². The zero-order chi connectivity index (χ0) is 8.73. The van der Waals surface area contributed by atoms with Gasteiger partial charge in [-0.1, -0.05) is 6.42 Å². The molecule has 3 fully saturated rings. The van der Waals surface area contributed by atoms with Crippen molar-refractivity contribution >= 4 is 0 Å². The summed E-state index contributed by atoms with van der Waals surface area (Å²) in [4.78, 5) is 2.65. The van der Waals surface area contributed by atoms with Crippen LogP contribution in [0.1, 0.15) is 32.1 Å². The molecule has 2 saturated heterocycles. The molecule has 13 heavy (non-hydrogen) atoms. The summed E-state index contributed by atoms with van der Waals surface area (Å²) in [5.74, 6) is 0. The molecular weight excluding hydrogens is 160 g/mol. The first-order valence-corrected chi connectivity index (χ1v) is 5.82. The Morgan fingerprint density at radius 3 is 2.62 bits per heavy atom. The number of hydrogen-bond acceptors (Lipinski definition) is 2. The van der Waals surface area contributed by atoms with Gasteiger partial charge in [-0.25, -0.2) is 0 Å². The Hall–Kier alpha value is -0.0800. The van der Waals surface area contributed by atoms with Crippen molar-refractivity contribution in [3.8, 4) is 0 Å². The summed E-state index contributed by atoms with van der Waals surface area (Å²) in [6.45, 7) is 5.39. The molecule has 0 bridgehead atoms. The van der Waals surface area contributed by atoms with Crippen LogP contribution in [-0.4, -0.2) is 37.1 Å². The van der Waals surface area contributed by atoms with E-state index in [0.717, 1.165) is 11.5 Å². The van der Waals surface area contributed by atoms with E-state index < -0.39 is 0 Å². The lowest BCUT2D eigenvalue weighted by Crippen LogP contribution is -2.61. The zero-order valence-electron chi connectivity index (χ0n) is 8.39. The van der Waals surface area contributed by atoms with E-state index in [1.54, 1.807) is 0 Å². The van der Waals surface area contributed by atoms with Crippen molar-refractivity contribution in [1.82, 2.24) is 10.2 Å². The molecule has 0 radical (unpaired) electrons. The second-order valence-corrected chi connectivity index (χ2v) is 5.32. The molecule has 1 aliphatic carbocycles. The first-order valence-electron chi connectivity index (χ1n) is 5.82. The van der Waals surface area contributed by atoms with Crippen LogP contribution < -0.4 is 5.32 Å². The van der Waals surface area contributed by atoms with E-state index in [-0.39, 0.29) is 0 Å². The second kappa shape index (κ2) is 2.96. The molecule has 1 unspecified atom stereocenters. The van der Waals surface area contributed by atoms with E-state index in [0.29, 0.717) is 0 Å². The normalized spacial score (nSPS) is 37.4. The van der Waals surface area contributed by atoms with Gasteiger partial charge in [-0.3, -0.25) is 0 Å². The molecule has 74 valence electrons. The molecule has 0 aromatic carbocycles. The summed E-state index contributed by atoms with van der Waals surface area (Å²) in [6, 6.07) is 0.817. The van der Waals surface area contributed by atoms with Crippen LogP contribution in [0.25, 0.3) is 0 Å². The van der Waals surface area contributed by atoms with Crippen LogP contribution in [-0.2, 0) is 0 Å². The van der Waals surface area contributed by atoms with Crippen LogP contribution in [0.2, 0.25) is 0 Å². The fourth-order valence-electron chi connectivity index (χ4n) is 3.25. The highest BCUT2D eigenvalue weighted by Crippen LogP contribution is 2.48. The molecule has 3 rings (SSSR count). The topological polar surface area (TPSA) is 15.3 Å². The summed E-state index contributed by atoms with van der Waals surface area (Å²) in [7, 11) is 0. The molecule has 2 heterocycles. The minimum Gasteiger partial charge on any atom is -0.313 e. The highest BCUT2D eigenvalue weighted by atomic mass is 15.2. The number of likely N-dealkylation sites (tertiary alicyclic amines) is 1. The zero-order valence-corrected chi connectivity index (χ0v) is 8.39. The quantitative estimate of drug-likeness (QED) is 0.687. The SMILES string of the molecule is C1CNC(CN2CC3(CCC3)C2)C1. The third kappa shape index (κ3) is 1.40. The van der Waals surface area contributed by atoms with Crippen LogP contribution in [0, 0.1) is 5.41 Å². The minimum atomic E-state index is 0.817. The lowest BCUT2D eigenvalue weighted by Gasteiger charge is -2.56. The monoisotopic (exact) mass is 180 g/mol. The fraction of sp³-hybridized carbons (Fsp3) is 1.00. The van der Waals surface area contributed by atoms with Crippen LogP contribution in [0.5, 0.6) is 0 Å². The number of hydrogen-bond donors (Lipinski definition) is 1. The minimum absolute atomic E-state index is 0.817. The third-order valence-corrected chi connectivity index (χ3v) is 4.17. The maximum atomic E-state index is 3.58. The average Bonchev–Trinajstić information content (AvgIpc) is 2.43. The van der Waals surface area contributed by atoms with E-state index >= 15 is 0 Å². The molecule has 1 spiro atoms. The number of nitrogens with one attached hydrogen (secondary N) is 1. The number of rotatable bonds is 2. The van der Waals surface area contributed by atoms with Gasteiger partial charge < -0.3 is 10.2 Å². The molecule has 3 aliphatic rings. The maximum absolute atomic E-state index is 3.58. The first-order chi connectivity index (χ1) is 6.36.